The lowest BCUT2D eigenvalue weighted by Crippen LogP contribution is -2.50. The Kier molecular flexibility index (Phi) is 9.91. The number of alkyl halides is 3. The van der Waals surface area contributed by atoms with E-state index in [0.717, 1.165) is 24.3 Å². The van der Waals surface area contributed by atoms with Crippen molar-refractivity contribution < 1.29 is 41.9 Å². The van der Waals surface area contributed by atoms with Crippen LogP contribution in [0, 0.1) is 19.8 Å². The third-order valence-electron chi connectivity index (χ3n) is 7.48. The minimum absolute atomic E-state index is 0.00220. The van der Waals surface area contributed by atoms with Gasteiger partial charge in [0, 0.05) is 25.2 Å². The number of urea groups is 2. The molecular formula is C30H35F3N6O6. The van der Waals surface area contributed by atoms with Crippen molar-refractivity contribution >= 4 is 35.0 Å². The first-order valence-corrected chi connectivity index (χ1v) is 14.1. The fourth-order valence-electron chi connectivity index (χ4n) is 4.80. The Morgan fingerprint density at radius 2 is 1.82 bits per heavy atom. The topological polar surface area (TPSA) is 149 Å². The Morgan fingerprint density at radius 3 is 2.42 bits per heavy atom. The van der Waals surface area contributed by atoms with Gasteiger partial charge < -0.3 is 40.1 Å². The molecule has 0 aliphatic carbocycles. The van der Waals surface area contributed by atoms with E-state index in [0.29, 0.717) is 17.1 Å². The van der Waals surface area contributed by atoms with Crippen LogP contribution in [0.4, 0.5) is 39.8 Å². The zero-order valence-corrected chi connectivity index (χ0v) is 25.4. The van der Waals surface area contributed by atoms with E-state index in [9.17, 15) is 32.7 Å². The van der Waals surface area contributed by atoms with E-state index in [1.54, 1.807) is 39.0 Å². The first-order chi connectivity index (χ1) is 21.2. The van der Waals surface area contributed by atoms with E-state index >= 15 is 0 Å². The summed E-state index contributed by atoms with van der Waals surface area (Å²) in [4.78, 5) is 42.5. The van der Waals surface area contributed by atoms with Crippen molar-refractivity contribution in [1.29, 1.82) is 0 Å². The molecule has 15 heteroatoms. The zero-order valence-electron chi connectivity index (χ0n) is 25.4. The number of nitrogens with one attached hydrogen (secondary N) is 3. The van der Waals surface area contributed by atoms with Crippen molar-refractivity contribution in [3.05, 3.63) is 65.0 Å². The van der Waals surface area contributed by atoms with Gasteiger partial charge in [0.2, 0.25) is 0 Å². The van der Waals surface area contributed by atoms with Gasteiger partial charge in [-0.3, -0.25) is 4.79 Å². The highest BCUT2D eigenvalue weighted by molar-refractivity contribution is 6.04. The van der Waals surface area contributed by atoms with Crippen molar-refractivity contribution in [3.8, 4) is 5.75 Å². The molecular weight excluding hydrogens is 597 g/mol. The molecule has 3 aromatic rings. The number of nitrogens with zero attached hydrogens (tertiary/aromatic N) is 3. The van der Waals surface area contributed by atoms with Crippen LogP contribution in [0.5, 0.6) is 5.75 Å². The highest BCUT2D eigenvalue weighted by Crippen LogP contribution is 2.35. The number of aromatic nitrogens is 1. The van der Waals surface area contributed by atoms with Crippen LogP contribution in [0.1, 0.15) is 41.2 Å². The van der Waals surface area contributed by atoms with E-state index in [-0.39, 0.29) is 48.3 Å². The van der Waals surface area contributed by atoms with Gasteiger partial charge in [0.25, 0.3) is 5.91 Å². The van der Waals surface area contributed by atoms with Crippen molar-refractivity contribution in [3.63, 3.8) is 0 Å². The standard InChI is InChI=1S/C30H35F3N6O6/c1-16-13-39(17(2)15-40)27(41)22-7-6-8-23(35-28(42)36-25-18(3)37-45-19(25)4)26(22)44-24(16)14-38(5)29(43)34-21-11-9-20(10-12-21)30(31,32)33/h6-12,16-17,24,40H,13-15H2,1-5H3,(H,34,43)(H2,35,36,42)/t16-,17+,24-/m0/s1. The summed E-state index contributed by atoms with van der Waals surface area (Å²) in [6.45, 7) is 6.71. The average molecular weight is 633 g/mol. The number of halogens is 3. The molecule has 45 heavy (non-hydrogen) atoms. The number of aryl methyl sites for hydroxylation is 2. The van der Waals surface area contributed by atoms with E-state index in [4.69, 9.17) is 9.26 Å². The number of ether oxygens (including phenoxy) is 1. The van der Waals surface area contributed by atoms with Crippen molar-refractivity contribution in [2.75, 3.05) is 42.7 Å². The van der Waals surface area contributed by atoms with Crippen LogP contribution >= 0.6 is 0 Å². The molecule has 4 rings (SSSR count). The number of aliphatic hydroxyl groups excluding tert-OH is 1. The number of rotatable bonds is 7. The smallest absolute Gasteiger partial charge is 0.416 e. The molecule has 242 valence electrons. The molecule has 2 heterocycles. The molecule has 0 unspecified atom stereocenters. The number of para-hydroxylation sites is 1. The lowest BCUT2D eigenvalue weighted by atomic mass is 9.99. The number of aliphatic hydroxyl groups is 1. The van der Waals surface area contributed by atoms with Crippen LogP contribution in [0.25, 0.3) is 0 Å². The SMILES string of the molecule is Cc1noc(C)c1NC(=O)Nc1cccc2c1O[C@@H](CN(C)C(=O)Nc1ccc(C(F)(F)F)cc1)[C@@H](C)CN([C@H](C)CO)C2=O. The van der Waals surface area contributed by atoms with Crippen molar-refractivity contribution in [2.24, 2.45) is 5.92 Å². The van der Waals surface area contributed by atoms with E-state index < -0.39 is 41.9 Å². The Bertz CT molecular complexity index is 1520. The van der Waals surface area contributed by atoms with Crippen LogP contribution in [0.15, 0.2) is 47.0 Å². The predicted molar refractivity (Wildman–Crippen MR) is 159 cm³/mol. The Morgan fingerprint density at radius 1 is 1.13 bits per heavy atom. The molecule has 2 aromatic carbocycles. The molecule has 1 aliphatic heterocycles. The monoisotopic (exact) mass is 632 g/mol. The van der Waals surface area contributed by atoms with Gasteiger partial charge in [0.1, 0.15) is 17.5 Å². The number of benzene rings is 2. The van der Waals surface area contributed by atoms with E-state index in [1.807, 2.05) is 6.92 Å². The van der Waals surface area contributed by atoms with Crippen LogP contribution < -0.4 is 20.7 Å². The van der Waals surface area contributed by atoms with Gasteiger partial charge in [-0.2, -0.15) is 13.2 Å². The fourth-order valence-corrected chi connectivity index (χ4v) is 4.80. The minimum atomic E-state index is -4.51. The first kappa shape index (κ1) is 33.1. The second-order valence-corrected chi connectivity index (χ2v) is 11.0. The summed E-state index contributed by atoms with van der Waals surface area (Å²) in [5.41, 5.74) is 0.499. The van der Waals surface area contributed by atoms with Gasteiger partial charge in [0.05, 0.1) is 36.0 Å². The third-order valence-corrected chi connectivity index (χ3v) is 7.48. The van der Waals surface area contributed by atoms with Crippen molar-refractivity contribution in [1.82, 2.24) is 15.0 Å². The molecule has 4 N–H and O–H groups in total. The second kappa shape index (κ2) is 13.5. The Labute approximate surface area is 257 Å². The molecule has 1 aromatic heterocycles. The summed E-state index contributed by atoms with van der Waals surface area (Å²) in [6.07, 6.45) is -5.23. The maximum absolute atomic E-state index is 13.7. The quantitative estimate of drug-likeness (QED) is 0.275. The number of amides is 5. The van der Waals surface area contributed by atoms with Gasteiger partial charge in [-0.1, -0.05) is 18.1 Å². The highest BCUT2D eigenvalue weighted by Gasteiger charge is 2.35. The summed E-state index contributed by atoms with van der Waals surface area (Å²) in [6, 6.07) is 6.94. The van der Waals surface area contributed by atoms with Gasteiger partial charge in [0.15, 0.2) is 11.5 Å². The number of carbonyl (C=O) groups is 3. The van der Waals surface area contributed by atoms with Crippen LogP contribution in [-0.2, 0) is 6.18 Å². The molecule has 0 radical (unpaired) electrons. The summed E-state index contributed by atoms with van der Waals surface area (Å²) < 4.78 is 50.3. The van der Waals surface area contributed by atoms with Crippen LogP contribution in [-0.4, -0.2) is 76.9 Å². The number of hydrogen-bond acceptors (Lipinski definition) is 7. The maximum Gasteiger partial charge on any atom is 0.416 e. The Balaban J connectivity index is 1.60. The number of fused-ring (bicyclic) bond motifs is 1. The van der Waals surface area contributed by atoms with E-state index in [1.165, 1.54) is 16.8 Å². The number of anilines is 3. The normalized spacial score (nSPS) is 17.4. The molecule has 0 spiro atoms. The molecule has 0 bridgehead atoms. The summed E-state index contributed by atoms with van der Waals surface area (Å²) in [5, 5.41) is 21.7. The molecule has 0 saturated heterocycles. The minimum Gasteiger partial charge on any atom is -0.485 e. The zero-order chi connectivity index (χ0) is 33.1. The molecule has 1 aliphatic rings. The van der Waals surface area contributed by atoms with Crippen LogP contribution in [0.2, 0.25) is 0 Å². The second-order valence-electron chi connectivity index (χ2n) is 11.0. The molecule has 0 saturated carbocycles. The first-order valence-electron chi connectivity index (χ1n) is 14.1. The molecule has 3 atom stereocenters. The summed E-state index contributed by atoms with van der Waals surface area (Å²) >= 11 is 0. The average Bonchev–Trinajstić information content (AvgIpc) is 3.30. The van der Waals surface area contributed by atoms with Crippen LogP contribution in [0.3, 0.4) is 0 Å². The molecule has 0 fully saturated rings. The number of carbonyl (C=O) groups excluding carboxylic acids is 3. The predicted octanol–water partition coefficient (Wildman–Crippen LogP) is 5.34. The lowest BCUT2D eigenvalue weighted by molar-refractivity contribution is -0.137. The molecule has 5 amide bonds. The fraction of sp³-hybridized carbons (Fsp3) is 0.400. The largest absolute Gasteiger partial charge is 0.485 e. The van der Waals surface area contributed by atoms with Gasteiger partial charge in [-0.15, -0.1) is 0 Å². The highest BCUT2D eigenvalue weighted by atomic mass is 19.4. The number of likely N-dealkylation sites (N-methyl/N-ethyl adjacent to an activating group) is 1. The summed E-state index contributed by atoms with van der Waals surface area (Å²) in [5.74, 6) is -0.320. The maximum atomic E-state index is 13.7. The van der Waals surface area contributed by atoms with Gasteiger partial charge in [-0.25, -0.2) is 9.59 Å². The van der Waals surface area contributed by atoms with Crippen molar-refractivity contribution in [2.45, 2.75) is 46.0 Å². The Hall–Kier alpha value is -4.79. The van der Waals surface area contributed by atoms with Gasteiger partial charge >= 0.3 is 18.2 Å². The number of hydrogen-bond donors (Lipinski definition) is 4. The summed E-state index contributed by atoms with van der Waals surface area (Å²) in [7, 11) is 1.50. The molecule has 12 nitrogen and oxygen atoms in total. The lowest BCUT2D eigenvalue weighted by Gasteiger charge is -2.38. The third kappa shape index (κ3) is 7.66. The van der Waals surface area contributed by atoms with E-state index in [2.05, 4.69) is 21.1 Å². The van der Waals surface area contributed by atoms with Gasteiger partial charge in [-0.05, 0) is 57.2 Å².